The van der Waals surface area contributed by atoms with Crippen LogP contribution in [0.25, 0.3) is 0 Å². The summed E-state index contributed by atoms with van der Waals surface area (Å²) in [5, 5.41) is 3.39. The number of nitrogens with zero attached hydrogens (tertiary/aromatic N) is 3. The van der Waals surface area contributed by atoms with E-state index < -0.39 is 0 Å². The van der Waals surface area contributed by atoms with Crippen LogP contribution in [-0.4, -0.2) is 23.6 Å². The number of aryl methyl sites for hydroxylation is 1. The lowest BCUT2D eigenvalue weighted by Crippen LogP contribution is -2.23. The maximum Gasteiger partial charge on any atom is 0.127 e. The minimum atomic E-state index is 0.384. The van der Waals surface area contributed by atoms with Gasteiger partial charge in [0.25, 0.3) is 0 Å². The van der Waals surface area contributed by atoms with Gasteiger partial charge in [-0.2, -0.15) is 0 Å². The van der Waals surface area contributed by atoms with E-state index in [4.69, 9.17) is 0 Å². The number of imidazole rings is 1. The van der Waals surface area contributed by atoms with Crippen LogP contribution < -0.4 is 10.2 Å². The average molecular weight is 272 g/mol. The fourth-order valence-electron chi connectivity index (χ4n) is 2.56. The number of aromatic nitrogens is 2. The summed E-state index contributed by atoms with van der Waals surface area (Å²) < 4.78 is 2.06. The average Bonchev–Trinajstić information content (AvgIpc) is 2.86. The van der Waals surface area contributed by atoms with E-state index in [-0.39, 0.29) is 0 Å². The Labute approximate surface area is 121 Å². The molecule has 1 heterocycles. The number of para-hydroxylation sites is 1. The lowest BCUT2D eigenvalue weighted by atomic mass is 10.0. The van der Waals surface area contributed by atoms with Crippen molar-refractivity contribution in [2.45, 2.75) is 25.9 Å². The molecule has 0 aliphatic heterocycles. The van der Waals surface area contributed by atoms with Gasteiger partial charge in [0.1, 0.15) is 5.82 Å². The smallest absolute Gasteiger partial charge is 0.127 e. The van der Waals surface area contributed by atoms with Gasteiger partial charge in [0.2, 0.25) is 0 Å². The van der Waals surface area contributed by atoms with Crippen LogP contribution in [0.3, 0.4) is 0 Å². The van der Waals surface area contributed by atoms with E-state index in [1.54, 1.807) is 0 Å². The Bertz CT molecular complexity index is 543. The molecule has 0 spiro atoms. The van der Waals surface area contributed by atoms with Crippen molar-refractivity contribution in [3.05, 3.63) is 48.0 Å². The summed E-state index contributed by atoms with van der Waals surface area (Å²) in [6.07, 6.45) is 4.90. The van der Waals surface area contributed by atoms with Crippen LogP contribution in [0.15, 0.2) is 36.7 Å². The molecule has 0 fully saturated rings. The third-order valence-electron chi connectivity index (χ3n) is 3.78. The van der Waals surface area contributed by atoms with Crippen LogP contribution in [0.5, 0.6) is 0 Å². The molecular weight excluding hydrogens is 248 g/mol. The zero-order valence-electron chi connectivity index (χ0n) is 12.8. The summed E-state index contributed by atoms with van der Waals surface area (Å²) in [4.78, 5) is 6.66. The van der Waals surface area contributed by atoms with Crippen molar-refractivity contribution in [1.29, 1.82) is 0 Å². The van der Waals surface area contributed by atoms with E-state index in [2.05, 4.69) is 58.0 Å². The van der Waals surface area contributed by atoms with Crippen molar-refractivity contribution in [3.8, 4) is 0 Å². The fraction of sp³-hybridized carbons (Fsp3) is 0.438. The summed E-state index contributed by atoms with van der Waals surface area (Å²) in [6, 6.07) is 8.96. The zero-order chi connectivity index (χ0) is 14.5. The Balaban J connectivity index is 2.25. The first-order valence-electron chi connectivity index (χ1n) is 7.10. The van der Waals surface area contributed by atoms with Crippen LogP contribution in [0, 0.1) is 0 Å². The first-order chi connectivity index (χ1) is 9.67. The van der Waals surface area contributed by atoms with E-state index in [1.807, 2.05) is 26.5 Å². The number of nitrogens with one attached hydrogen (secondary N) is 1. The second-order valence-electron chi connectivity index (χ2n) is 5.12. The van der Waals surface area contributed by atoms with Crippen molar-refractivity contribution in [3.63, 3.8) is 0 Å². The predicted octanol–water partition coefficient (Wildman–Crippen LogP) is 2.73. The maximum absolute atomic E-state index is 4.40. The van der Waals surface area contributed by atoms with Crippen LogP contribution in [0.1, 0.15) is 30.8 Å². The van der Waals surface area contributed by atoms with Gasteiger partial charge < -0.3 is 14.8 Å². The van der Waals surface area contributed by atoms with Gasteiger partial charge in [-0.3, -0.25) is 0 Å². The molecule has 1 N–H and O–H groups in total. The Morgan fingerprint density at radius 3 is 2.70 bits per heavy atom. The molecule has 0 saturated heterocycles. The SMILES string of the molecule is CCC(NC)c1ccccc1N(C)Cc1nccn1C. The molecule has 4 nitrogen and oxygen atoms in total. The van der Waals surface area contributed by atoms with E-state index in [0.29, 0.717) is 6.04 Å². The predicted molar refractivity (Wildman–Crippen MR) is 83.8 cm³/mol. The van der Waals surface area contributed by atoms with Crippen LogP contribution in [-0.2, 0) is 13.6 Å². The highest BCUT2D eigenvalue weighted by atomic mass is 15.2. The first kappa shape index (κ1) is 14.6. The monoisotopic (exact) mass is 272 g/mol. The minimum absolute atomic E-state index is 0.384. The molecule has 0 amide bonds. The lowest BCUT2D eigenvalue weighted by Gasteiger charge is -2.26. The summed E-state index contributed by atoms with van der Waals surface area (Å²) in [6.45, 7) is 3.01. The Morgan fingerprint density at radius 2 is 2.10 bits per heavy atom. The molecule has 1 aromatic heterocycles. The zero-order valence-corrected chi connectivity index (χ0v) is 12.8. The minimum Gasteiger partial charge on any atom is -0.367 e. The third-order valence-corrected chi connectivity index (χ3v) is 3.78. The Hall–Kier alpha value is -1.81. The van der Waals surface area contributed by atoms with Gasteiger partial charge >= 0.3 is 0 Å². The van der Waals surface area contributed by atoms with E-state index in [0.717, 1.165) is 18.8 Å². The first-order valence-corrected chi connectivity index (χ1v) is 7.10. The standard InChI is InChI=1S/C16H24N4/c1-5-14(17-2)13-8-6-7-9-15(13)20(4)12-16-18-10-11-19(16)3/h6-11,14,17H,5,12H2,1-4H3. The lowest BCUT2D eigenvalue weighted by molar-refractivity contribution is 0.575. The molecule has 0 saturated carbocycles. The summed E-state index contributed by atoms with van der Waals surface area (Å²) >= 11 is 0. The van der Waals surface area contributed by atoms with Gasteiger partial charge in [0, 0.05) is 38.2 Å². The van der Waals surface area contributed by atoms with Gasteiger partial charge in [0.05, 0.1) is 6.54 Å². The van der Waals surface area contributed by atoms with Crippen molar-refractivity contribution < 1.29 is 0 Å². The molecule has 0 aliphatic carbocycles. The molecule has 0 bridgehead atoms. The van der Waals surface area contributed by atoms with Gasteiger partial charge in [-0.25, -0.2) is 4.98 Å². The maximum atomic E-state index is 4.40. The third kappa shape index (κ3) is 3.02. The van der Waals surface area contributed by atoms with Crippen molar-refractivity contribution in [2.75, 3.05) is 19.0 Å². The molecular formula is C16H24N4. The number of hydrogen-bond acceptors (Lipinski definition) is 3. The molecule has 20 heavy (non-hydrogen) atoms. The van der Waals surface area contributed by atoms with Crippen molar-refractivity contribution >= 4 is 5.69 Å². The quantitative estimate of drug-likeness (QED) is 0.877. The molecule has 1 atom stereocenters. The molecule has 108 valence electrons. The topological polar surface area (TPSA) is 33.1 Å². The summed E-state index contributed by atoms with van der Waals surface area (Å²) in [5.74, 6) is 1.07. The van der Waals surface area contributed by atoms with Gasteiger partial charge in [-0.05, 0) is 25.1 Å². The molecule has 1 aromatic carbocycles. The van der Waals surface area contributed by atoms with Crippen LogP contribution in [0.2, 0.25) is 0 Å². The van der Waals surface area contributed by atoms with Gasteiger partial charge in [-0.1, -0.05) is 25.1 Å². The van der Waals surface area contributed by atoms with Crippen LogP contribution in [0.4, 0.5) is 5.69 Å². The second kappa shape index (κ2) is 6.57. The molecule has 0 radical (unpaired) electrons. The van der Waals surface area contributed by atoms with Crippen LogP contribution >= 0.6 is 0 Å². The Morgan fingerprint density at radius 1 is 1.35 bits per heavy atom. The normalized spacial score (nSPS) is 12.4. The molecule has 2 rings (SSSR count). The molecule has 4 heteroatoms. The highest BCUT2D eigenvalue weighted by molar-refractivity contribution is 5.54. The summed E-state index contributed by atoms with van der Waals surface area (Å²) in [7, 11) is 6.17. The highest BCUT2D eigenvalue weighted by Gasteiger charge is 2.15. The van der Waals surface area contributed by atoms with Gasteiger partial charge in [0.15, 0.2) is 0 Å². The summed E-state index contributed by atoms with van der Waals surface area (Å²) in [5.41, 5.74) is 2.60. The fourth-order valence-corrected chi connectivity index (χ4v) is 2.56. The van der Waals surface area contributed by atoms with E-state index in [9.17, 15) is 0 Å². The molecule has 1 unspecified atom stereocenters. The second-order valence-corrected chi connectivity index (χ2v) is 5.12. The van der Waals surface area contributed by atoms with E-state index in [1.165, 1.54) is 11.3 Å². The largest absolute Gasteiger partial charge is 0.367 e. The number of rotatable bonds is 6. The number of anilines is 1. The number of hydrogen-bond donors (Lipinski definition) is 1. The molecule has 0 aliphatic rings. The highest BCUT2D eigenvalue weighted by Crippen LogP contribution is 2.28. The Kier molecular flexibility index (Phi) is 4.79. The van der Waals surface area contributed by atoms with Crippen molar-refractivity contribution in [2.24, 2.45) is 7.05 Å². The molecule has 2 aromatic rings. The number of benzene rings is 1. The van der Waals surface area contributed by atoms with Gasteiger partial charge in [-0.15, -0.1) is 0 Å². The van der Waals surface area contributed by atoms with Crippen molar-refractivity contribution in [1.82, 2.24) is 14.9 Å². The van der Waals surface area contributed by atoms with E-state index >= 15 is 0 Å².